The van der Waals surface area contributed by atoms with E-state index in [4.69, 9.17) is 31.5 Å². The molecule has 4 rings (SSSR count). The van der Waals surface area contributed by atoms with Gasteiger partial charge in [-0.15, -0.1) is 0 Å². The topological polar surface area (TPSA) is 96.6 Å². The van der Waals surface area contributed by atoms with Crippen molar-refractivity contribution in [2.45, 2.75) is 50.9 Å². The van der Waals surface area contributed by atoms with Gasteiger partial charge in [0.25, 0.3) is 0 Å². The van der Waals surface area contributed by atoms with Crippen molar-refractivity contribution < 1.29 is 19.0 Å². The third-order valence-corrected chi connectivity index (χ3v) is 6.04. The fourth-order valence-corrected chi connectivity index (χ4v) is 3.90. The minimum atomic E-state index is -0.736. The van der Waals surface area contributed by atoms with Crippen molar-refractivity contribution in [3.05, 3.63) is 82.9 Å². The number of nitrogens with zero attached hydrogens (tertiary/aromatic N) is 2. The largest absolute Gasteiger partial charge is 0.490 e. The van der Waals surface area contributed by atoms with Gasteiger partial charge in [0.2, 0.25) is 0 Å². The lowest BCUT2D eigenvalue weighted by Crippen LogP contribution is -2.41. The summed E-state index contributed by atoms with van der Waals surface area (Å²) in [6.07, 6.45) is 2.09. The van der Waals surface area contributed by atoms with E-state index >= 15 is 0 Å². The molecule has 0 atom stereocenters. The van der Waals surface area contributed by atoms with Crippen molar-refractivity contribution in [2.24, 2.45) is 5.73 Å². The number of benzene rings is 2. The SMILES string of the molecule is CC(C)(c1ccc(OCc2nccc(Cl)n2)cc1)c1ccc(O[C@H]2C[C@H](OC(N)=O)C2)cc1. The van der Waals surface area contributed by atoms with E-state index in [2.05, 4.69) is 48.1 Å². The van der Waals surface area contributed by atoms with Crippen LogP contribution < -0.4 is 15.2 Å². The van der Waals surface area contributed by atoms with Gasteiger partial charge in [0, 0.05) is 24.5 Å². The predicted molar refractivity (Wildman–Crippen MR) is 124 cm³/mol. The van der Waals surface area contributed by atoms with Crippen LogP contribution in [0.2, 0.25) is 5.15 Å². The van der Waals surface area contributed by atoms with Crippen LogP contribution in [0.15, 0.2) is 60.8 Å². The minimum Gasteiger partial charge on any atom is -0.490 e. The van der Waals surface area contributed by atoms with Crippen LogP contribution in [0.4, 0.5) is 4.79 Å². The molecule has 3 aromatic rings. The van der Waals surface area contributed by atoms with E-state index in [-0.39, 0.29) is 24.2 Å². The van der Waals surface area contributed by atoms with Crippen molar-refractivity contribution in [1.82, 2.24) is 9.97 Å². The van der Waals surface area contributed by atoms with Crippen molar-refractivity contribution >= 4 is 17.7 Å². The summed E-state index contributed by atoms with van der Waals surface area (Å²) in [7, 11) is 0. The lowest BCUT2D eigenvalue weighted by molar-refractivity contribution is -0.0197. The number of ether oxygens (including phenoxy) is 3. The molecule has 0 bridgehead atoms. The van der Waals surface area contributed by atoms with Crippen LogP contribution >= 0.6 is 11.6 Å². The van der Waals surface area contributed by atoms with Gasteiger partial charge < -0.3 is 19.9 Å². The number of hydrogen-bond donors (Lipinski definition) is 1. The Hall–Kier alpha value is -3.32. The molecule has 2 N–H and O–H groups in total. The highest BCUT2D eigenvalue weighted by atomic mass is 35.5. The number of rotatable bonds is 8. The highest BCUT2D eigenvalue weighted by Crippen LogP contribution is 2.34. The molecule has 2 aromatic carbocycles. The van der Waals surface area contributed by atoms with Crippen molar-refractivity contribution in [2.75, 3.05) is 0 Å². The quantitative estimate of drug-likeness (QED) is 0.466. The van der Waals surface area contributed by atoms with Gasteiger partial charge in [0.1, 0.15) is 35.5 Å². The van der Waals surface area contributed by atoms with Crippen LogP contribution in [0, 0.1) is 0 Å². The Morgan fingerprint density at radius 1 is 1.00 bits per heavy atom. The first-order chi connectivity index (χ1) is 15.8. The summed E-state index contributed by atoms with van der Waals surface area (Å²) >= 11 is 5.89. The van der Waals surface area contributed by atoms with E-state index in [1.165, 1.54) is 5.56 Å². The second kappa shape index (κ2) is 9.67. The van der Waals surface area contributed by atoms with Gasteiger partial charge in [-0.05, 0) is 41.5 Å². The molecule has 7 nitrogen and oxygen atoms in total. The molecule has 8 heteroatoms. The zero-order chi connectivity index (χ0) is 23.4. The average Bonchev–Trinajstić information content (AvgIpc) is 2.77. The maximum absolute atomic E-state index is 10.8. The molecule has 0 radical (unpaired) electrons. The summed E-state index contributed by atoms with van der Waals surface area (Å²) in [5, 5.41) is 0.395. The number of halogens is 1. The second-order valence-electron chi connectivity index (χ2n) is 8.53. The van der Waals surface area contributed by atoms with Crippen LogP contribution in [0.25, 0.3) is 0 Å². The number of amides is 1. The van der Waals surface area contributed by atoms with Crippen LogP contribution in [0.3, 0.4) is 0 Å². The Morgan fingerprint density at radius 2 is 1.61 bits per heavy atom. The molecular formula is C25H26ClN3O4. The van der Waals surface area contributed by atoms with Gasteiger partial charge in [0.15, 0.2) is 5.82 Å². The van der Waals surface area contributed by atoms with Crippen LogP contribution in [-0.2, 0) is 16.8 Å². The van der Waals surface area contributed by atoms with Crippen molar-refractivity contribution in [1.29, 1.82) is 0 Å². The molecule has 1 amide bonds. The molecule has 1 aromatic heterocycles. The Labute approximate surface area is 197 Å². The van der Waals surface area contributed by atoms with Gasteiger partial charge in [-0.1, -0.05) is 49.7 Å². The maximum atomic E-state index is 10.8. The smallest absolute Gasteiger partial charge is 0.404 e. The monoisotopic (exact) mass is 467 g/mol. The summed E-state index contributed by atoms with van der Waals surface area (Å²) < 4.78 is 16.7. The molecule has 1 aliphatic rings. The molecule has 0 spiro atoms. The summed E-state index contributed by atoms with van der Waals surface area (Å²) in [6.45, 7) is 4.60. The van der Waals surface area contributed by atoms with Gasteiger partial charge in [-0.2, -0.15) is 0 Å². The summed E-state index contributed by atoms with van der Waals surface area (Å²) in [6, 6.07) is 17.7. The second-order valence-corrected chi connectivity index (χ2v) is 8.92. The van der Waals surface area contributed by atoms with Gasteiger partial charge in [0.05, 0.1) is 0 Å². The number of carbonyl (C=O) groups excluding carboxylic acids is 1. The summed E-state index contributed by atoms with van der Waals surface area (Å²) in [5.74, 6) is 2.07. The van der Waals surface area contributed by atoms with E-state index in [0.29, 0.717) is 23.8 Å². The number of hydrogen-bond acceptors (Lipinski definition) is 6. The van der Waals surface area contributed by atoms with E-state index < -0.39 is 6.09 Å². The molecule has 33 heavy (non-hydrogen) atoms. The molecule has 1 fully saturated rings. The molecule has 172 valence electrons. The number of nitrogens with two attached hydrogens (primary N) is 1. The molecule has 0 unspecified atom stereocenters. The first-order valence-electron chi connectivity index (χ1n) is 10.7. The highest BCUT2D eigenvalue weighted by Gasteiger charge is 2.33. The number of carbonyl (C=O) groups is 1. The fourth-order valence-electron chi connectivity index (χ4n) is 3.74. The summed E-state index contributed by atoms with van der Waals surface area (Å²) in [5.41, 5.74) is 7.16. The third-order valence-electron chi connectivity index (χ3n) is 5.83. The van der Waals surface area contributed by atoms with Gasteiger partial charge >= 0.3 is 6.09 Å². The van der Waals surface area contributed by atoms with E-state index in [1.54, 1.807) is 12.3 Å². The molecular weight excluding hydrogens is 442 g/mol. The first-order valence-corrected chi connectivity index (χ1v) is 11.1. The lowest BCUT2D eigenvalue weighted by Gasteiger charge is -2.34. The van der Waals surface area contributed by atoms with Crippen LogP contribution in [-0.4, -0.2) is 28.3 Å². The first kappa shape index (κ1) is 22.9. The summed E-state index contributed by atoms with van der Waals surface area (Å²) in [4.78, 5) is 19.1. The van der Waals surface area contributed by atoms with Gasteiger partial charge in [-0.3, -0.25) is 0 Å². The molecule has 0 aliphatic heterocycles. The van der Waals surface area contributed by atoms with Gasteiger partial charge in [-0.25, -0.2) is 14.8 Å². The Bertz CT molecular complexity index is 1100. The fraction of sp³-hybridized carbons (Fsp3) is 0.320. The standard InChI is InChI=1S/C25H26ClN3O4/c1-25(2,16-3-7-18(8-4-16)31-15-23-28-12-11-22(26)29-23)17-5-9-19(10-6-17)32-20-13-21(14-20)33-24(27)30/h3-12,20-21H,13-15H2,1-2H3,(H2,27,30)/t20-,21-. The Kier molecular flexibility index (Phi) is 6.70. The highest BCUT2D eigenvalue weighted by molar-refractivity contribution is 6.29. The average molecular weight is 468 g/mol. The van der Waals surface area contributed by atoms with Crippen molar-refractivity contribution in [3.8, 4) is 11.5 Å². The molecule has 1 aliphatic carbocycles. The molecule has 0 saturated heterocycles. The van der Waals surface area contributed by atoms with E-state index in [1.807, 2.05) is 24.3 Å². The Morgan fingerprint density at radius 3 is 2.18 bits per heavy atom. The third kappa shape index (κ3) is 5.73. The molecule has 1 heterocycles. The number of primary amides is 1. The van der Waals surface area contributed by atoms with Crippen LogP contribution in [0.5, 0.6) is 11.5 Å². The van der Waals surface area contributed by atoms with Crippen molar-refractivity contribution in [3.63, 3.8) is 0 Å². The van der Waals surface area contributed by atoms with E-state index in [9.17, 15) is 4.79 Å². The Balaban J connectivity index is 1.34. The minimum absolute atomic E-state index is 0.0399. The normalized spacial score (nSPS) is 17.7. The lowest BCUT2D eigenvalue weighted by atomic mass is 9.78. The zero-order valence-corrected chi connectivity index (χ0v) is 19.3. The zero-order valence-electron chi connectivity index (χ0n) is 18.5. The van der Waals surface area contributed by atoms with Crippen LogP contribution in [0.1, 0.15) is 43.6 Å². The predicted octanol–water partition coefficient (Wildman–Crippen LogP) is 5.04. The molecule has 1 saturated carbocycles. The maximum Gasteiger partial charge on any atom is 0.404 e. The van der Waals surface area contributed by atoms with E-state index in [0.717, 1.165) is 17.1 Å². The number of aromatic nitrogens is 2.